The molecule has 0 N–H and O–H groups in total. The second-order valence-electron chi connectivity index (χ2n) is 4.57. The van der Waals surface area contributed by atoms with Crippen molar-refractivity contribution >= 4 is 12.1 Å². The number of carbonyl (C=O) groups is 2. The van der Waals surface area contributed by atoms with Crippen molar-refractivity contribution in [3.05, 3.63) is 65.7 Å². The first-order valence-electron chi connectivity index (χ1n) is 6.08. The van der Waals surface area contributed by atoms with Gasteiger partial charge in [-0.15, -0.1) is 0 Å². The van der Waals surface area contributed by atoms with Crippen molar-refractivity contribution in [2.45, 2.75) is 12.0 Å². The van der Waals surface area contributed by atoms with E-state index in [2.05, 4.69) is 0 Å². The maximum atomic E-state index is 12.2. The van der Waals surface area contributed by atoms with E-state index < -0.39 is 5.60 Å². The molecule has 19 heavy (non-hydrogen) atoms. The van der Waals surface area contributed by atoms with Gasteiger partial charge in [0.1, 0.15) is 5.75 Å². The summed E-state index contributed by atoms with van der Waals surface area (Å²) < 4.78 is 5.84. The highest BCUT2D eigenvalue weighted by atomic mass is 16.5. The zero-order valence-corrected chi connectivity index (χ0v) is 10.2. The number of fused-ring (bicyclic) bond motifs is 1. The molecular formula is C16H12O3. The number of ether oxygens (including phenoxy) is 1. The summed E-state index contributed by atoms with van der Waals surface area (Å²) in [5.41, 5.74) is 0.0379. The minimum atomic E-state index is -1.20. The lowest BCUT2D eigenvalue weighted by Crippen LogP contribution is -2.40. The molecular weight excluding hydrogens is 240 g/mol. The molecule has 3 rings (SSSR count). The lowest BCUT2D eigenvalue weighted by Gasteiger charge is -2.33. The topological polar surface area (TPSA) is 43.4 Å². The van der Waals surface area contributed by atoms with Crippen molar-refractivity contribution in [3.8, 4) is 5.75 Å². The number of benzene rings is 2. The van der Waals surface area contributed by atoms with Gasteiger partial charge in [-0.1, -0.05) is 42.5 Å². The fourth-order valence-corrected chi connectivity index (χ4v) is 2.37. The Morgan fingerprint density at radius 3 is 2.42 bits per heavy atom. The second kappa shape index (κ2) is 4.35. The van der Waals surface area contributed by atoms with E-state index in [1.54, 1.807) is 36.4 Å². The summed E-state index contributed by atoms with van der Waals surface area (Å²) in [6.45, 7) is 0. The van der Waals surface area contributed by atoms with Gasteiger partial charge in [0, 0.05) is 5.56 Å². The van der Waals surface area contributed by atoms with Gasteiger partial charge in [-0.05, 0) is 12.1 Å². The van der Waals surface area contributed by atoms with Crippen molar-refractivity contribution in [1.82, 2.24) is 0 Å². The molecule has 3 nitrogen and oxygen atoms in total. The van der Waals surface area contributed by atoms with Crippen LogP contribution in [-0.2, 0) is 10.4 Å². The zero-order valence-electron chi connectivity index (χ0n) is 10.2. The van der Waals surface area contributed by atoms with Crippen LogP contribution in [0.4, 0.5) is 0 Å². The average molecular weight is 252 g/mol. The van der Waals surface area contributed by atoms with E-state index in [1.165, 1.54) is 0 Å². The van der Waals surface area contributed by atoms with Gasteiger partial charge in [-0.2, -0.15) is 0 Å². The van der Waals surface area contributed by atoms with Gasteiger partial charge in [-0.25, -0.2) is 0 Å². The Bertz CT molecular complexity index is 633. The van der Waals surface area contributed by atoms with Crippen LogP contribution in [0.1, 0.15) is 22.3 Å². The molecule has 1 unspecified atom stereocenters. The Balaban J connectivity index is 2.12. The SMILES string of the molecule is O=CC1(c2ccccc2)CC(=O)c2ccccc2O1. The fraction of sp³-hybridized carbons (Fsp3) is 0.125. The van der Waals surface area contributed by atoms with Crippen LogP contribution >= 0.6 is 0 Å². The van der Waals surface area contributed by atoms with Crippen LogP contribution < -0.4 is 4.74 Å². The standard InChI is InChI=1S/C16H12O3/c17-11-16(12-6-2-1-3-7-12)10-14(18)13-8-4-5-9-15(13)19-16/h1-9,11H,10H2. The maximum Gasteiger partial charge on any atom is 0.196 e. The van der Waals surface area contributed by atoms with E-state index in [4.69, 9.17) is 4.74 Å². The quantitative estimate of drug-likeness (QED) is 0.772. The smallest absolute Gasteiger partial charge is 0.196 e. The molecule has 0 spiro atoms. The predicted molar refractivity (Wildman–Crippen MR) is 70.2 cm³/mol. The van der Waals surface area contributed by atoms with E-state index >= 15 is 0 Å². The molecule has 0 aromatic heterocycles. The van der Waals surface area contributed by atoms with Crippen LogP contribution in [0.25, 0.3) is 0 Å². The Labute approximate surface area is 110 Å². The highest BCUT2D eigenvalue weighted by Crippen LogP contribution is 2.38. The van der Waals surface area contributed by atoms with Crippen LogP contribution in [0.2, 0.25) is 0 Å². The number of para-hydroxylation sites is 1. The highest BCUT2D eigenvalue weighted by molar-refractivity contribution is 6.02. The summed E-state index contributed by atoms with van der Waals surface area (Å²) in [4.78, 5) is 23.8. The third-order valence-corrected chi connectivity index (χ3v) is 3.36. The van der Waals surface area contributed by atoms with Crippen LogP contribution in [0.15, 0.2) is 54.6 Å². The van der Waals surface area contributed by atoms with E-state index in [-0.39, 0.29) is 12.2 Å². The fourth-order valence-electron chi connectivity index (χ4n) is 2.37. The van der Waals surface area contributed by atoms with Crippen LogP contribution in [-0.4, -0.2) is 12.1 Å². The first-order chi connectivity index (χ1) is 9.25. The zero-order chi connectivity index (χ0) is 13.3. The minimum Gasteiger partial charge on any atom is -0.474 e. The first-order valence-corrected chi connectivity index (χ1v) is 6.08. The number of Topliss-reactive ketones (excluding diaryl/α,β-unsaturated/α-hetero) is 1. The van der Waals surface area contributed by atoms with E-state index in [1.807, 2.05) is 18.2 Å². The molecule has 2 aromatic carbocycles. The van der Waals surface area contributed by atoms with Gasteiger partial charge in [0.2, 0.25) is 0 Å². The van der Waals surface area contributed by atoms with Crippen molar-refractivity contribution < 1.29 is 14.3 Å². The largest absolute Gasteiger partial charge is 0.474 e. The minimum absolute atomic E-state index is 0.0392. The number of hydrogen-bond acceptors (Lipinski definition) is 3. The van der Waals surface area contributed by atoms with E-state index in [0.29, 0.717) is 16.9 Å². The van der Waals surface area contributed by atoms with E-state index in [0.717, 1.165) is 6.29 Å². The second-order valence-corrected chi connectivity index (χ2v) is 4.57. The summed E-state index contributed by atoms with van der Waals surface area (Å²) in [6, 6.07) is 16.1. The lowest BCUT2D eigenvalue weighted by molar-refractivity contribution is -0.122. The van der Waals surface area contributed by atoms with Gasteiger partial charge >= 0.3 is 0 Å². The Morgan fingerprint density at radius 1 is 1.00 bits per heavy atom. The van der Waals surface area contributed by atoms with Crippen LogP contribution in [0.3, 0.4) is 0 Å². The summed E-state index contributed by atoms with van der Waals surface area (Å²) in [7, 11) is 0. The Morgan fingerprint density at radius 2 is 1.68 bits per heavy atom. The number of ketones is 1. The Kier molecular flexibility index (Phi) is 2.67. The third kappa shape index (κ3) is 1.83. The number of aldehydes is 1. The molecule has 1 aliphatic heterocycles. The third-order valence-electron chi connectivity index (χ3n) is 3.36. The summed E-state index contributed by atoms with van der Waals surface area (Å²) in [6.07, 6.45) is 0.758. The summed E-state index contributed by atoms with van der Waals surface area (Å²) in [5, 5.41) is 0. The molecule has 3 heteroatoms. The maximum absolute atomic E-state index is 12.2. The average Bonchev–Trinajstić information content (AvgIpc) is 2.48. The van der Waals surface area contributed by atoms with Crippen molar-refractivity contribution in [2.24, 2.45) is 0 Å². The number of rotatable bonds is 2. The van der Waals surface area contributed by atoms with Crippen molar-refractivity contribution in [1.29, 1.82) is 0 Å². The van der Waals surface area contributed by atoms with Gasteiger partial charge < -0.3 is 4.74 Å². The van der Waals surface area contributed by atoms with Crippen LogP contribution in [0, 0.1) is 0 Å². The van der Waals surface area contributed by atoms with Gasteiger partial charge in [0.15, 0.2) is 17.7 Å². The molecule has 1 heterocycles. The normalized spacial score (nSPS) is 21.4. The molecule has 0 bridgehead atoms. The molecule has 1 atom stereocenters. The Hall–Kier alpha value is -2.42. The summed E-state index contributed by atoms with van der Waals surface area (Å²) in [5.74, 6) is 0.396. The monoisotopic (exact) mass is 252 g/mol. The van der Waals surface area contributed by atoms with Crippen LogP contribution in [0.5, 0.6) is 5.75 Å². The number of carbonyl (C=O) groups excluding carboxylic acids is 2. The predicted octanol–water partition coefficient (Wildman–Crippen LogP) is 2.75. The summed E-state index contributed by atoms with van der Waals surface area (Å²) >= 11 is 0. The molecule has 0 amide bonds. The molecule has 0 aliphatic carbocycles. The molecule has 94 valence electrons. The molecule has 0 saturated heterocycles. The molecule has 2 aromatic rings. The van der Waals surface area contributed by atoms with Crippen molar-refractivity contribution in [3.63, 3.8) is 0 Å². The highest BCUT2D eigenvalue weighted by Gasteiger charge is 2.41. The molecule has 0 radical (unpaired) electrons. The van der Waals surface area contributed by atoms with Crippen molar-refractivity contribution in [2.75, 3.05) is 0 Å². The van der Waals surface area contributed by atoms with Gasteiger partial charge in [-0.3, -0.25) is 9.59 Å². The lowest BCUT2D eigenvalue weighted by atomic mass is 9.85. The van der Waals surface area contributed by atoms with Gasteiger partial charge in [0.05, 0.1) is 12.0 Å². The van der Waals surface area contributed by atoms with E-state index in [9.17, 15) is 9.59 Å². The molecule has 0 fully saturated rings. The molecule has 0 saturated carbocycles. The molecule has 1 aliphatic rings. The number of hydrogen-bond donors (Lipinski definition) is 0. The first kappa shape index (κ1) is 11.7. The van der Waals surface area contributed by atoms with Gasteiger partial charge in [0.25, 0.3) is 0 Å².